The van der Waals surface area contributed by atoms with Crippen molar-refractivity contribution in [2.45, 2.75) is 44.6 Å². The third kappa shape index (κ3) is 4.53. The van der Waals surface area contributed by atoms with Crippen molar-refractivity contribution in [1.82, 2.24) is 9.62 Å². The zero-order chi connectivity index (χ0) is 19.5. The molecule has 8 nitrogen and oxygen atoms in total. The summed E-state index contributed by atoms with van der Waals surface area (Å²) in [4.78, 5) is 23.8. The number of phenols is 1. The van der Waals surface area contributed by atoms with E-state index in [0.29, 0.717) is 13.1 Å². The monoisotopic (exact) mass is 383 g/mol. The number of hydrogen-bond acceptors (Lipinski definition) is 5. The predicted octanol–water partition coefficient (Wildman–Crippen LogP) is 1.28. The Morgan fingerprint density at radius 2 is 1.81 bits per heavy atom. The van der Waals surface area contributed by atoms with Gasteiger partial charge in [0, 0.05) is 20.0 Å². The highest BCUT2D eigenvalue weighted by Gasteiger charge is 2.29. The Morgan fingerprint density at radius 3 is 2.35 bits per heavy atom. The van der Waals surface area contributed by atoms with Gasteiger partial charge in [0.05, 0.1) is 10.6 Å². The standard InChI is InChI=1S/C17H25N3O5S/c1-11(2)16(18-12(3)21)17(23)19-14-10-13(6-7-15(14)22)26(24,25)20-8-4-5-9-20/h6-7,10-11,16,22H,4-5,8-9H2,1-3H3,(H,18,21)(H,19,23)/t16-/m0/s1. The molecule has 144 valence electrons. The fraction of sp³-hybridized carbons (Fsp3) is 0.529. The van der Waals surface area contributed by atoms with Crippen molar-refractivity contribution in [2.24, 2.45) is 5.92 Å². The summed E-state index contributed by atoms with van der Waals surface area (Å²) in [5.74, 6) is -1.31. The number of carbonyl (C=O) groups is 2. The third-order valence-corrected chi connectivity index (χ3v) is 6.13. The van der Waals surface area contributed by atoms with Gasteiger partial charge in [-0.05, 0) is 37.0 Å². The molecule has 0 spiro atoms. The Hall–Kier alpha value is -2.13. The predicted molar refractivity (Wildman–Crippen MR) is 97.2 cm³/mol. The van der Waals surface area contributed by atoms with Crippen molar-refractivity contribution in [3.8, 4) is 5.75 Å². The number of carbonyl (C=O) groups excluding carboxylic acids is 2. The highest BCUT2D eigenvalue weighted by atomic mass is 32.2. The van der Waals surface area contributed by atoms with Gasteiger partial charge in [-0.1, -0.05) is 13.8 Å². The van der Waals surface area contributed by atoms with Crippen molar-refractivity contribution in [3.05, 3.63) is 18.2 Å². The third-order valence-electron chi connectivity index (χ3n) is 4.24. The van der Waals surface area contributed by atoms with Crippen LogP contribution in [0.2, 0.25) is 0 Å². The first-order valence-electron chi connectivity index (χ1n) is 8.54. The van der Waals surface area contributed by atoms with Crippen LogP contribution >= 0.6 is 0 Å². The lowest BCUT2D eigenvalue weighted by Crippen LogP contribution is -2.46. The van der Waals surface area contributed by atoms with E-state index < -0.39 is 22.0 Å². The van der Waals surface area contributed by atoms with Gasteiger partial charge in [-0.3, -0.25) is 9.59 Å². The second-order valence-electron chi connectivity index (χ2n) is 6.70. The number of nitrogens with zero attached hydrogens (tertiary/aromatic N) is 1. The molecule has 0 saturated carbocycles. The largest absolute Gasteiger partial charge is 0.506 e. The molecule has 26 heavy (non-hydrogen) atoms. The van der Waals surface area contributed by atoms with E-state index in [1.54, 1.807) is 13.8 Å². The number of amides is 2. The average molecular weight is 383 g/mol. The van der Waals surface area contributed by atoms with Crippen LogP contribution in [0.1, 0.15) is 33.6 Å². The molecule has 1 saturated heterocycles. The highest BCUT2D eigenvalue weighted by Crippen LogP contribution is 2.29. The lowest BCUT2D eigenvalue weighted by Gasteiger charge is -2.22. The summed E-state index contributed by atoms with van der Waals surface area (Å²) < 4.78 is 26.7. The van der Waals surface area contributed by atoms with E-state index in [0.717, 1.165) is 12.8 Å². The lowest BCUT2D eigenvalue weighted by molar-refractivity contribution is -0.126. The maximum atomic E-state index is 12.6. The average Bonchev–Trinajstić information content (AvgIpc) is 3.09. The molecule has 9 heteroatoms. The summed E-state index contributed by atoms with van der Waals surface area (Å²) in [6.45, 7) is 5.78. The number of sulfonamides is 1. The van der Waals surface area contributed by atoms with Crippen molar-refractivity contribution in [1.29, 1.82) is 0 Å². The van der Waals surface area contributed by atoms with Crippen LogP contribution in [0.25, 0.3) is 0 Å². The molecule has 3 N–H and O–H groups in total. The topological polar surface area (TPSA) is 116 Å². The SMILES string of the molecule is CC(=O)N[C@H](C(=O)Nc1cc(S(=O)(=O)N2CCCC2)ccc1O)C(C)C. The maximum Gasteiger partial charge on any atom is 0.247 e. The molecule has 2 rings (SSSR count). The van der Waals surface area contributed by atoms with E-state index in [4.69, 9.17) is 0 Å². The first-order chi connectivity index (χ1) is 12.1. The molecular weight excluding hydrogens is 358 g/mol. The number of benzene rings is 1. The maximum absolute atomic E-state index is 12.6. The van der Waals surface area contributed by atoms with Crippen molar-refractivity contribution in [3.63, 3.8) is 0 Å². The van der Waals surface area contributed by atoms with Gasteiger partial charge in [0.25, 0.3) is 0 Å². The summed E-state index contributed by atoms with van der Waals surface area (Å²) in [6.07, 6.45) is 1.63. The van der Waals surface area contributed by atoms with Crippen LogP contribution in [0.3, 0.4) is 0 Å². The molecule has 1 aliphatic heterocycles. The van der Waals surface area contributed by atoms with E-state index in [9.17, 15) is 23.1 Å². The summed E-state index contributed by atoms with van der Waals surface area (Å²) in [6, 6.07) is 2.99. The quantitative estimate of drug-likeness (QED) is 0.640. The van der Waals surface area contributed by atoms with Crippen molar-refractivity contribution in [2.75, 3.05) is 18.4 Å². The van der Waals surface area contributed by atoms with E-state index >= 15 is 0 Å². The summed E-state index contributed by atoms with van der Waals surface area (Å²) in [5.41, 5.74) is -0.00808. The Morgan fingerprint density at radius 1 is 1.19 bits per heavy atom. The lowest BCUT2D eigenvalue weighted by atomic mass is 10.0. The highest BCUT2D eigenvalue weighted by molar-refractivity contribution is 7.89. The number of hydrogen-bond donors (Lipinski definition) is 3. The minimum Gasteiger partial charge on any atom is -0.506 e. The van der Waals surface area contributed by atoms with Gasteiger partial charge >= 0.3 is 0 Å². The Kier molecular flexibility index (Phi) is 6.25. The summed E-state index contributed by atoms with van der Waals surface area (Å²) in [7, 11) is -3.67. The number of aromatic hydroxyl groups is 1. The normalized spacial score (nSPS) is 16.5. The number of rotatable bonds is 6. The van der Waals surface area contributed by atoms with Gasteiger partial charge in [-0.25, -0.2) is 8.42 Å². The van der Waals surface area contributed by atoms with E-state index in [1.165, 1.54) is 29.4 Å². The van der Waals surface area contributed by atoms with E-state index in [2.05, 4.69) is 10.6 Å². The van der Waals surface area contributed by atoms with Gasteiger partial charge < -0.3 is 15.7 Å². The molecular formula is C17H25N3O5S. The molecule has 1 aromatic carbocycles. The fourth-order valence-electron chi connectivity index (χ4n) is 2.82. The minimum atomic E-state index is -3.67. The first kappa shape index (κ1) is 20.2. The molecule has 0 aliphatic carbocycles. The van der Waals surface area contributed by atoms with Crippen LogP contribution in [-0.2, 0) is 19.6 Å². The molecule has 1 heterocycles. The van der Waals surface area contributed by atoms with Crippen LogP contribution in [0.15, 0.2) is 23.1 Å². The second-order valence-corrected chi connectivity index (χ2v) is 8.64. The zero-order valence-corrected chi connectivity index (χ0v) is 16.0. The van der Waals surface area contributed by atoms with Gasteiger partial charge in [0.15, 0.2) is 0 Å². The van der Waals surface area contributed by atoms with Gasteiger partial charge in [0.1, 0.15) is 11.8 Å². The molecule has 1 aliphatic rings. The molecule has 1 aromatic rings. The number of nitrogens with one attached hydrogen (secondary N) is 2. The fourth-order valence-corrected chi connectivity index (χ4v) is 4.36. The van der Waals surface area contributed by atoms with Crippen LogP contribution in [0.4, 0.5) is 5.69 Å². The Labute approximate surface area is 153 Å². The number of phenolic OH excluding ortho intramolecular Hbond substituents is 1. The van der Waals surface area contributed by atoms with Gasteiger partial charge in [-0.2, -0.15) is 4.31 Å². The summed E-state index contributed by atoms with van der Waals surface area (Å²) in [5, 5.41) is 15.1. The smallest absolute Gasteiger partial charge is 0.247 e. The molecule has 0 bridgehead atoms. The van der Waals surface area contributed by atoms with Crippen LogP contribution in [-0.4, -0.2) is 48.8 Å². The zero-order valence-electron chi connectivity index (χ0n) is 15.2. The minimum absolute atomic E-state index is 0.00752. The van der Waals surface area contributed by atoms with Crippen LogP contribution in [0.5, 0.6) is 5.75 Å². The van der Waals surface area contributed by atoms with E-state index in [1.807, 2.05) is 0 Å². The molecule has 0 unspecified atom stereocenters. The first-order valence-corrected chi connectivity index (χ1v) is 9.98. The Balaban J connectivity index is 2.26. The second kappa shape index (κ2) is 8.05. The molecule has 2 amide bonds. The number of anilines is 1. The van der Waals surface area contributed by atoms with E-state index in [-0.39, 0.29) is 28.2 Å². The van der Waals surface area contributed by atoms with Gasteiger partial charge in [0.2, 0.25) is 21.8 Å². The Bertz CT molecular complexity index is 786. The summed E-state index contributed by atoms with van der Waals surface area (Å²) >= 11 is 0. The van der Waals surface area contributed by atoms with Crippen molar-refractivity contribution >= 4 is 27.5 Å². The van der Waals surface area contributed by atoms with Gasteiger partial charge in [-0.15, -0.1) is 0 Å². The molecule has 0 aromatic heterocycles. The van der Waals surface area contributed by atoms with Crippen molar-refractivity contribution < 1.29 is 23.1 Å². The molecule has 0 radical (unpaired) electrons. The molecule has 1 fully saturated rings. The van der Waals surface area contributed by atoms with Crippen LogP contribution in [0, 0.1) is 5.92 Å². The molecule has 1 atom stereocenters. The van der Waals surface area contributed by atoms with Crippen LogP contribution < -0.4 is 10.6 Å².